The molecule has 2 aromatic carbocycles. The van der Waals surface area contributed by atoms with Gasteiger partial charge in [0.25, 0.3) is 5.91 Å². The van der Waals surface area contributed by atoms with Crippen molar-refractivity contribution in [3.8, 4) is 0 Å². The van der Waals surface area contributed by atoms with Crippen LogP contribution >= 0.6 is 0 Å². The molecule has 28 heavy (non-hydrogen) atoms. The molecular weight excluding hydrogens is 355 g/mol. The quantitative estimate of drug-likeness (QED) is 0.758. The van der Waals surface area contributed by atoms with Crippen LogP contribution in [0.1, 0.15) is 33.0 Å². The Hall–Kier alpha value is -3.28. The third-order valence-electron chi connectivity index (χ3n) is 4.88. The van der Waals surface area contributed by atoms with Gasteiger partial charge in [-0.25, -0.2) is 14.4 Å². The van der Waals surface area contributed by atoms with Gasteiger partial charge in [0.1, 0.15) is 23.2 Å². The monoisotopic (exact) mass is 376 g/mol. The van der Waals surface area contributed by atoms with Crippen molar-refractivity contribution in [2.75, 3.05) is 11.4 Å². The van der Waals surface area contributed by atoms with Crippen LogP contribution in [0.25, 0.3) is 0 Å². The number of aromatic nitrogens is 2. The predicted octanol–water partition coefficient (Wildman–Crippen LogP) is 3.42. The lowest BCUT2D eigenvalue weighted by atomic mass is 10.00. The largest absolute Gasteiger partial charge is 0.352 e. The van der Waals surface area contributed by atoms with Crippen molar-refractivity contribution in [2.24, 2.45) is 0 Å². The van der Waals surface area contributed by atoms with E-state index in [4.69, 9.17) is 0 Å². The summed E-state index contributed by atoms with van der Waals surface area (Å²) >= 11 is 0. The van der Waals surface area contributed by atoms with E-state index in [9.17, 15) is 9.18 Å². The first-order chi connectivity index (χ1) is 13.6. The summed E-state index contributed by atoms with van der Waals surface area (Å²) < 4.78 is 13.0. The summed E-state index contributed by atoms with van der Waals surface area (Å²) in [6, 6.07) is 16.2. The topological polar surface area (TPSA) is 58.1 Å². The van der Waals surface area contributed by atoms with Crippen molar-refractivity contribution in [3.63, 3.8) is 0 Å². The molecular formula is C22H21FN4O. The van der Waals surface area contributed by atoms with E-state index in [-0.39, 0.29) is 11.7 Å². The molecule has 0 aliphatic carbocycles. The zero-order chi connectivity index (χ0) is 19.5. The van der Waals surface area contributed by atoms with Gasteiger partial charge in [-0.1, -0.05) is 36.4 Å². The van der Waals surface area contributed by atoms with Crippen molar-refractivity contribution in [1.29, 1.82) is 0 Å². The summed E-state index contributed by atoms with van der Waals surface area (Å²) in [4.78, 5) is 23.6. The average Bonchev–Trinajstić information content (AvgIpc) is 2.72. The maximum absolute atomic E-state index is 13.0. The van der Waals surface area contributed by atoms with Crippen LogP contribution in [0.4, 0.5) is 10.2 Å². The van der Waals surface area contributed by atoms with Crippen LogP contribution in [0.2, 0.25) is 0 Å². The highest BCUT2D eigenvalue weighted by atomic mass is 19.1. The van der Waals surface area contributed by atoms with Gasteiger partial charge in [-0.15, -0.1) is 0 Å². The van der Waals surface area contributed by atoms with Crippen molar-refractivity contribution in [1.82, 2.24) is 15.3 Å². The van der Waals surface area contributed by atoms with Crippen molar-refractivity contribution < 1.29 is 9.18 Å². The Balaban J connectivity index is 1.49. The molecule has 1 N–H and O–H groups in total. The Morgan fingerprint density at radius 2 is 1.86 bits per heavy atom. The number of hydrogen-bond acceptors (Lipinski definition) is 4. The van der Waals surface area contributed by atoms with Gasteiger partial charge in [-0.3, -0.25) is 4.79 Å². The number of rotatable bonds is 4. The molecule has 1 amide bonds. The number of nitrogens with zero attached hydrogens (tertiary/aromatic N) is 3. The van der Waals surface area contributed by atoms with Gasteiger partial charge in [0.15, 0.2) is 0 Å². The van der Waals surface area contributed by atoms with E-state index in [0.717, 1.165) is 30.9 Å². The molecule has 1 aromatic heterocycles. The number of hydrogen-bond donors (Lipinski definition) is 1. The highest BCUT2D eigenvalue weighted by molar-refractivity contribution is 5.92. The summed E-state index contributed by atoms with van der Waals surface area (Å²) in [6.45, 7) is 3.72. The first-order valence-electron chi connectivity index (χ1n) is 9.28. The van der Waals surface area contributed by atoms with E-state index >= 15 is 0 Å². The zero-order valence-electron chi connectivity index (χ0n) is 15.7. The second-order valence-corrected chi connectivity index (χ2v) is 6.91. The van der Waals surface area contributed by atoms with Crippen LogP contribution in [0, 0.1) is 12.7 Å². The molecule has 5 nitrogen and oxygen atoms in total. The van der Waals surface area contributed by atoms with Gasteiger partial charge in [0.2, 0.25) is 0 Å². The number of anilines is 1. The molecule has 4 rings (SSSR count). The highest BCUT2D eigenvalue weighted by Gasteiger charge is 2.19. The molecule has 0 spiro atoms. The molecule has 0 bridgehead atoms. The second kappa shape index (κ2) is 7.76. The molecule has 0 fully saturated rings. The highest BCUT2D eigenvalue weighted by Crippen LogP contribution is 2.23. The summed E-state index contributed by atoms with van der Waals surface area (Å²) in [5, 5.41) is 2.84. The minimum Gasteiger partial charge on any atom is -0.352 e. The lowest BCUT2D eigenvalue weighted by Crippen LogP contribution is -2.32. The van der Waals surface area contributed by atoms with Crippen LogP contribution < -0.4 is 10.2 Å². The van der Waals surface area contributed by atoms with Crippen molar-refractivity contribution >= 4 is 11.7 Å². The molecule has 0 atom stereocenters. The van der Waals surface area contributed by atoms with Gasteiger partial charge < -0.3 is 10.2 Å². The molecule has 0 unspecified atom stereocenters. The number of amides is 1. The predicted molar refractivity (Wildman–Crippen MR) is 106 cm³/mol. The third kappa shape index (κ3) is 4.01. The molecule has 0 saturated carbocycles. The number of fused-ring (bicyclic) bond motifs is 1. The molecule has 0 radical (unpaired) electrons. The van der Waals surface area contributed by atoms with Gasteiger partial charge in [-0.05, 0) is 42.2 Å². The molecule has 0 saturated heterocycles. The molecule has 2 heterocycles. The van der Waals surface area contributed by atoms with Gasteiger partial charge in [0, 0.05) is 25.7 Å². The lowest BCUT2D eigenvalue weighted by Gasteiger charge is -2.30. The SMILES string of the molecule is Cc1nc(C(=O)NCc2ccc(F)cc2)cc(N2CCc3ccccc3C2)n1. The fourth-order valence-electron chi connectivity index (χ4n) is 3.40. The van der Waals surface area contributed by atoms with Crippen LogP contribution in [0.5, 0.6) is 0 Å². The van der Waals surface area contributed by atoms with Crippen LogP contribution in [0.3, 0.4) is 0 Å². The number of nitrogens with one attached hydrogen (secondary N) is 1. The standard InChI is InChI=1S/C22H21FN4O/c1-15-25-20(22(28)24-13-16-6-8-19(23)9-7-16)12-21(26-15)27-11-10-17-4-2-3-5-18(17)14-27/h2-9,12H,10-11,13-14H2,1H3,(H,24,28). The average molecular weight is 376 g/mol. The maximum Gasteiger partial charge on any atom is 0.270 e. The number of carbonyl (C=O) groups excluding carboxylic acids is 1. The Morgan fingerprint density at radius 1 is 1.11 bits per heavy atom. The molecule has 3 aromatic rings. The fourth-order valence-corrected chi connectivity index (χ4v) is 3.40. The zero-order valence-corrected chi connectivity index (χ0v) is 15.7. The Labute approximate surface area is 163 Å². The van der Waals surface area contributed by atoms with Gasteiger partial charge >= 0.3 is 0 Å². The number of benzene rings is 2. The van der Waals surface area contributed by atoms with E-state index in [2.05, 4.69) is 38.4 Å². The minimum absolute atomic E-state index is 0.270. The Bertz CT molecular complexity index is 1000. The third-order valence-corrected chi connectivity index (χ3v) is 4.88. The van der Waals surface area contributed by atoms with Crippen LogP contribution in [-0.4, -0.2) is 22.4 Å². The molecule has 142 valence electrons. The Kier molecular flexibility index (Phi) is 5.02. The lowest BCUT2D eigenvalue weighted by molar-refractivity contribution is 0.0945. The first kappa shape index (κ1) is 18.1. The second-order valence-electron chi connectivity index (χ2n) is 6.91. The summed E-state index contributed by atoms with van der Waals surface area (Å²) in [6.07, 6.45) is 0.950. The molecule has 1 aliphatic heterocycles. The minimum atomic E-state index is -0.297. The first-order valence-corrected chi connectivity index (χ1v) is 9.28. The summed E-state index contributed by atoms with van der Waals surface area (Å²) in [5.41, 5.74) is 3.81. The fraction of sp³-hybridized carbons (Fsp3) is 0.227. The van der Waals surface area contributed by atoms with E-state index in [0.29, 0.717) is 18.1 Å². The maximum atomic E-state index is 13.0. The number of aryl methyl sites for hydroxylation is 1. The van der Waals surface area contributed by atoms with Gasteiger partial charge in [-0.2, -0.15) is 0 Å². The van der Waals surface area contributed by atoms with E-state index in [1.165, 1.54) is 23.3 Å². The molecule has 6 heteroatoms. The smallest absolute Gasteiger partial charge is 0.270 e. The van der Waals surface area contributed by atoms with Crippen molar-refractivity contribution in [2.45, 2.75) is 26.4 Å². The normalized spacial score (nSPS) is 13.1. The van der Waals surface area contributed by atoms with E-state index in [1.54, 1.807) is 25.1 Å². The van der Waals surface area contributed by atoms with E-state index in [1.807, 2.05) is 6.07 Å². The van der Waals surface area contributed by atoms with Crippen LogP contribution in [-0.2, 0) is 19.5 Å². The summed E-state index contributed by atoms with van der Waals surface area (Å²) in [7, 11) is 0. The number of carbonyl (C=O) groups is 1. The van der Waals surface area contributed by atoms with Crippen LogP contribution in [0.15, 0.2) is 54.6 Å². The number of halogens is 1. The van der Waals surface area contributed by atoms with Crippen molar-refractivity contribution in [3.05, 3.63) is 88.6 Å². The van der Waals surface area contributed by atoms with E-state index < -0.39 is 0 Å². The van der Waals surface area contributed by atoms with Gasteiger partial charge in [0.05, 0.1) is 0 Å². The Morgan fingerprint density at radius 3 is 2.64 bits per heavy atom. The summed E-state index contributed by atoms with van der Waals surface area (Å²) in [5.74, 6) is 0.750. The molecule has 1 aliphatic rings.